The van der Waals surface area contributed by atoms with Crippen molar-refractivity contribution in [3.05, 3.63) is 0 Å². The van der Waals surface area contributed by atoms with Gasteiger partial charge in [-0.2, -0.15) is 0 Å². The average Bonchev–Trinajstić information content (AvgIpc) is 2.39. The van der Waals surface area contributed by atoms with E-state index in [-0.39, 0.29) is 11.4 Å². The molecule has 6 heteroatoms. The molecule has 1 rings (SSSR count). The Morgan fingerprint density at radius 1 is 1.30 bits per heavy atom. The van der Waals surface area contributed by atoms with Crippen LogP contribution in [-0.4, -0.2) is 65.5 Å². The molecule has 0 spiro atoms. The number of carbonyl (C=O) groups is 1. The van der Waals surface area contributed by atoms with E-state index in [4.69, 9.17) is 18.0 Å². The molecule has 0 aliphatic carbocycles. The molecule has 0 aromatic rings. The number of piperazine rings is 1. The number of unbranched alkanes of at least 4 members (excludes halogenated alkanes) is 1. The first-order valence-electron chi connectivity index (χ1n) is 7.42. The third-order valence-corrected chi connectivity index (χ3v) is 4.49. The van der Waals surface area contributed by atoms with Gasteiger partial charge in [-0.05, 0) is 20.3 Å². The maximum absolute atomic E-state index is 11.8. The first kappa shape index (κ1) is 17.3. The van der Waals surface area contributed by atoms with E-state index in [1.807, 2.05) is 0 Å². The van der Waals surface area contributed by atoms with E-state index in [1.165, 1.54) is 0 Å². The molecule has 0 unspecified atom stereocenters. The van der Waals surface area contributed by atoms with Crippen LogP contribution in [0, 0.1) is 0 Å². The lowest BCUT2D eigenvalue weighted by molar-refractivity contribution is -0.122. The number of rotatable bonds is 7. The van der Waals surface area contributed by atoms with Crippen molar-refractivity contribution in [2.45, 2.75) is 39.2 Å². The van der Waals surface area contributed by atoms with Crippen LogP contribution in [0.1, 0.15) is 33.6 Å². The molecule has 0 atom stereocenters. The maximum Gasteiger partial charge on any atom is 0.234 e. The Hall–Kier alpha value is -0.720. The number of nitrogens with two attached hydrogens (primary N) is 1. The van der Waals surface area contributed by atoms with Gasteiger partial charge in [0.2, 0.25) is 5.91 Å². The highest BCUT2D eigenvalue weighted by Crippen LogP contribution is 2.17. The number of nitrogens with one attached hydrogen (secondary N) is 1. The normalized spacial score (nSPS) is 17.9. The van der Waals surface area contributed by atoms with Crippen LogP contribution >= 0.6 is 12.2 Å². The van der Waals surface area contributed by atoms with E-state index in [9.17, 15) is 4.79 Å². The second-order valence-electron chi connectivity index (χ2n) is 5.89. The van der Waals surface area contributed by atoms with Gasteiger partial charge < -0.3 is 11.1 Å². The van der Waals surface area contributed by atoms with Gasteiger partial charge in [-0.3, -0.25) is 14.6 Å². The minimum absolute atomic E-state index is 0.125. The summed E-state index contributed by atoms with van der Waals surface area (Å²) in [5.41, 5.74) is 5.55. The number of amides is 1. The van der Waals surface area contributed by atoms with Crippen molar-refractivity contribution in [2.24, 2.45) is 5.73 Å². The second-order valence-corrected chi connectivity index (χ2v) is 6.33. The Labute approximate surface area is 127 Å². The van der Waals surface area contributed by atoms with Crippen LogP contribution < -0.4 is 11.1 Å². The van der Waals surface area contributed by atoms with E-state index < -0.39 is 0 Å². The van der Waals surface area contributed by atoms with Gasteiger partial charge in [0.1, 0.15) is 0 Å². The minimum Gasteiger partial charge on any atom is -0.392 e. The van der Waals surface area contributed by atoms with Gasteiger partial charge in [0, 0.05) is 32.7 Å². The number of nitrogens with zero attached hydrogens (tertiary/aromatic N) is 2. The lowest BCUT2D eigenvalue weighted by Gasteiger charge is -2.43. The number of carbonyl (C=O) groups excluding carboxylic acids is 1. The molecule has 1 saturated heterocycles. The molecule has 0 bridgehead atoms. The van der Waals surface area contributed by atoms with Gasteiger partial charge in [-0.25, -0.2) is 0 Å². The van der Waals surface area contributed by atoms with Crippen LogP contribution in [-0.2, 0) is 4.79 Å². The van der Waals surface area contributed by atoms with E-state index in [2.05, 4.69) is 35.9 Å². The maximum atomic E-state index is 11.8. The molecule has 1 amide bonds. The topological polar surface area (TPSA) is 61.6 Å². The van der Waals surface area contributed by atoms with Crippen LogP contribution in [0.3, 0.4) is 0 Å². The van der Waals surface area contributed by atoms with Crippen molar-refractivity contribution in [1.29, 1.82) is 0 Å². The molecule has 1 aliphatic rings. The van der Waals surface area contributed by atoms with E-state index in [0.29, 0.717) is 11.5 Å². The zero-order valence-electron chi connectivity index (χ0n) is 12.9. The summed E-state index contributed by atoms with van der Waals surface area (Å²) in [6, 6.07) is 0. The molecular formula is C14H28N4OS. The van der Waals surface area contributed by atoms with E-state index >= 15 is 0 Å². The predicted octanol–water partition coefficient (Wildman–Crippen LogP) is 0.585. The van der Waals surface area contributed by atoms with Gasteiger partial charge in [0.15, 0.2) is 0 Å². The summed E-state index contributed by atoms with van der Waals surface area (Å²) < 4.78 is 0. The Kier molecular flexibility index (Phi) is 6.85. The Balaban J connectivity index is 2.32. The van der Waals surface area contributed by atoms with Crippen molar-refractivity contribution >= 4 is 23.1 Å². The van der Waals surface area contributed by atoms with Crippen molar-refractivity contribution < 1.29 is 4.79 Å². The van der Waals surface area contributed by atoms with Crippen LogP contribution in [0.4, 0.5) is 0 Å². The standard InChI is InChI=1S/C14H28N4OS/c1-4-5-6-16-12(19)11-17-7-9-18(10-8-17)14(2,3)13(15)20/h4-11H2,1-3H3,(H2,15,20)(H,16,19). The lowest BCUT2D eigenvalue weighted by Crippen LogP contribution is -2.59. The molecule has 3 N–H and O–H groups in total. The highest BCUT2D eigenvalue weighted by atomic mass is 32.1. The highest BCUT2D eigenvalue weighted by molar-refractivity contribution is 7.80. The first-order chi connectivity index (χ1) is 9.37. The third kappa shape index (κ3) is 5.00. The summed E-state index contributed by atoms with van der Waals surface area (Å²) in [7, 11) is 0. The minimum atomic E-state index is -0.245. The van der Waals surface area contributed by atoms with Gasteiger partial charge in [0.25, 0.3) is 0 Å². The number of thiocarbonyl (C=S) groups is 1. The van der Waals surface area contributed by atoms with Gasteiger partial charge >= 0.3 is 0 Å². The molecule has 1 fully saturated rings. The molecule has 116 valence electrons. The Morgan fingerprint density at radius 3 is 2.40 bits per heavy atom. The molecular weight excluding hydrogens is 272 g/mol. The molecule has 0 radical (unpaired) electrons. The quantitative estimate of drug-likeness (QED) is 0.532. The van der Waals surface area contributed by atoms with E-state index in [0.717, 1.165) is 45.6 Å². The zero-order chi connectivity index (χ0) is 15.2. The van der Waals surface area contributed by atoms with Crippen molar-refractivity contribution in [3.63, 3.8) is 0 Å². The van der Waals surface area contributed by atoms with Gasteiger partial charge in [0.05, 0.1) is 17.1 Å². The molecule has 0 aromatic carbocycles. The van der Waals surface area contributed by atoms with Crippen LogP contribution in [0.2, 0.25) is 0 Å². The van der Waals surface area contributed by atoms with Crippen LogP contribution in [0.5, 0.6) is 0 Å². The van der Waals surface area contributed by atoms with Gasteiger partial charge in [-0.15, -0.1) is 0 Å². The molecule has 1 aliphatic heterocycles. The molecule has 20 heavy (non-hydrogen) atoms. The summed E-state index contributed by atoms with van der Waals surface area (Å²) in [5, 5.41) is 2.96. The van der Waals surface area contributed by atoms with Crippen molar-refractivity contribution in [2.75, 3.05) is 39.3 Å². The first-order valence-corrected chi connectivity index (χ1v) is 7.82. The Morgan fingerprint density at radius 2 is 1.90 bits per heavy atom. The lowest BCUT2D eigenvalue weighted by atomic mass is 10.0. The largest absolute Gasteiger partial charge is 0.392 e. The molecule has 0 aromatic heterocycles. The smallest absolute Gasteiger partial charge is 0.234 e. The fraction of sp³-hybridized carbons (Fsp3) is 0.857. The van der Waals surface area contributed by atoms with Crippen molar-refractivity contribution in [3.8, 4) is 0 Å². The van der Waals surface area contributed by atoms with E-state index in [1.54, 1.807) is 0 Å². The summed E-state index contributed by atoms with van der Waals surface area (Å²) in [6.45, 7) is 11.1. The Bertz CT molecular complexity index is 338. The summed E-state index contributed by atoms with van der Waals surface area (Å²) in [5.74, 6) is 0.125. The molecule has 1 heterocycles. The predicted molar refractivity (Wildman–Crippen MR) is 86.8 cm³/mol. The summed E-state index contributed by atoms with van der Waals surface area (Å²) in [4.78, 5) is 16.8. The monoisotopic (exact) mass is 300 g/mol. The van der Waals surface area contributed by atoms with Crippen LogP contribution in [0.25, 0.3) is 0 Å². The van der Waals surface area contributed by atoms with Crippen LogP contribution in [0.15, 0.2) is 0 Å². The summed E-state index contributed by atoms with van der Waals surface area (Å²) in [6.07, 6.45) is 2.15. The third-order valence-electron chi connectivity index (χ3n) is 3.99. The second kappa shape index (κ2) is 7.90. The molecule has 5 nitrogen and oxygen atoms in total. The highest BCUT2D eigenvalue weighted by Gasteiger charge is 2.32. The average molecular weight is 300 g/mol. The number of hydrogen-bond donors (Lipinski definition) is 2. The fourth-order valence-corrected chi connectivity index (χ4v) is 2.41. The van der Waals surface area contributed by atoms with Crippen molar-refractivity contribution in [1.82, 2.24) is 15.1 Å². The number of hydrogen-bond acceptors (Lipinski definition) is 4. The summed E-state index contributed by atoms with van der Waals surface area (Å²) >= 11 is 5.13. The molecule has 0 saturated carbocycles. The zero-order valence-corrected chi connectivity index (χ0v) is 13.8. The van der Waals surface area contributed by atoms with Gasteiger partial charge in [-0.1, -0.05) is 25.6 Å². The SMILES string of the molecule is CCCCNC(=O)CN1CCN(C(C)(C)C(N)=S)CC1. The fourth-order valence-electron chi connectivity index (χ4n) is 2.28.